The number of hydrogen-bond donors (Lipinski definition) is 1. The zero-order valence-corrected chi connectivity index (χ0v) is 17.1. The molecule has 0 spiro atoms. The lowest BCUT2D eigenvalue weighted by atomic mass is 10.1. The summed E-state index contributed by atoms with van der Waals surface area (Å²) in [5.41, 5.74) is 0.889. The molecular weight excluding hydrogens is 429 g/mol. The maximum Gasteiger partial charge on any atom is 0.490 e. The Morgan fingerprint density at radius 3 is 2.40 bits per heavy atom. The number of aromatic nitrogens is 2. The van der Waals surface area contributed by atoms with Crippen LogP contribution in [0.1, 0.15) is 18.5 Å². The number of rotatable bonds is 3. The Labute approximate surface area is 171 Å². The molecule has 13 heteroatoms. The number of sulfonamides is 1. The molecule has 4 rings (SSSR count). The standard InChI is InChI=1S/C15H22N4O3S.C2HF3O2/c1-11-2-5-15(17-16-11)18-8-12-9-19(6-7-22-14(12)10-18)23(20,21)13-3-4-13;3-2(4,5)1(6)7/h2,5,12-14H,3-4,6-10H2,1H3;(H,6,7)/t12-,14-;/m1./s1. The molecule has 1 aromatic rings. The van der Waals surface area contributed by atoms with Crippen molar-refractivity contribution in [2.75, 3.05) is 37.7 Å². The van der Waals surface area contributed by atoms with Gasteiger partial charge in [-0.05, 0) is 31.9 Å². The summed E-state index contributed by atoms with van der Waals surface area (Å²) in [6.45, 7) is 4.93. The Kier molecular flexibility index (Phi) is 6.53. The van der Waals surface area contributed by atoms with Gasteiger partial charge in [0, 0.05) is 32.1 Å². The normalized spacial score (nSPS) is 25.1. The van der Waals surface area contributed by atoms with Crippen molar-refractivity contribution >= 4 is 21.8 Å². The second kappa shape index (κ2) is 8.63. The number of carboxylic acids is 1. The van der Waals surface area contributed by atoms with Crippen LogP contribution in [0.5, 0.6) is 0 Å². The summed E-state index contributed by atoms with van der Waals surface area (Å²) < 4.78 is 64.3. The summed E-state index contributed by atoms with van der Waals surface area (Å²) >= 11 is 0. The second-order valence-electron chi connectivity index (χ2n) is 7.51. The van der Waals surface area contributed by atoms with Crippen molar-refractivity contribution in [1.82, 2.24) is 14.5 Å². The van der Waals surface area contributed by atoms with E-state index in [-0.39, 0.29) is 17.3 Å². The summed E-state index contributed by atoms with van der Waals surface area (Å²) in [4.78, 5) is 11.0. The van der Waals surface area contributed by atoms with E-state index in [1.54, 1.807) is 4.31 Å². The molecule has 9 nitrogen and oxygen atoms in total. The Balaban J connectivity index is 0.000000318. The van der Waals surface area contributed by atoms with Crippen LogP contribution in [0.2, 0.25) is 0 Å². The number of ether oxygens (including phenoxy) is 1. The van der Waals surface area contributed by atoms with Gasteiger partial charge in [-0.15, -0.1) is 5.10 Å². The van der Waals surface area contributed by atoms with Crippen molar-refractivity contribution in [2.45, 2.75) is 37.3 Å². The molecule has 2 saturated heterocycles. The lowest BCUT2D eigenvalue weighted by Crippen LogP contribution is -2.39. The molecule has 2 atom stereocenters. The number of halogens is 3. The molecule has 30 heavy (non-hydrogen) atoms. The lowest BCUT2D eigenvalue weighted by molar-refractivity contribution is -0.192. The Hall–Kier alpha value is -1.99. The first-order valence-electron chi connectivity index (χ1n) is 9.44. The number of alkyl halides is 3. The van der Waals surface area contributed by atoms with Gasteiger partial charge in [-0.2, -0.15) is 22.6 Å². The highest BCUT2D eigenvalue weighted by Gasteiger charge is 2.44. The van der Waals surface area contributed by atoms with Crippen LogP contribution in [0.3, 0.4) is 0 Å². The minimum atomic E-state index is -5.08. The molecule has 0 amide bonds. The maximum absolute atomic E-state index is 12.5. The first-order valence-corrected chi connectivity index (χ1v) is 10.9. The van der Waals surface area contributed by atoms with E-state index >= 15 is 0 Å². The van der Waals surface area contributed by atoms with Gasteiger partial charge in [0.15, 0.2) is 5.82 Å². The number of anilines is 1. The molecule has 168 valence electrons. The van der Waals surface area contributed by atoms with E-state index in [0.29, 0.717) is 19.7 Å². The predicted molar refractivity (Wildman–Crippen MR) is 99.4 cm³/mol. The van der Waals surface area contributed by atoms with Gasteiger partial charge >= 0.3 is 12.1 Å². The van der Waals surface area contributed by atoms with Gasteiger partial charge in [0.1, 0.15) is 0 Å². The largest absolute Gasteiger partial charge is 0.490 e. The molecule has 3 heterocycles. The topological polar surface area (TPSA) is 113 Å². The molecule has 0 unspecified atom stereocenters. The predicted octanol–water partition coefficient (Wildman–Crippen LogP) is 1.05. The summed E-state index contributed by atoms with van der Waals surface area (Å²) in [5, 5.41) is 15.3. The van der Waals surface area contributed by atoms with E-state index in [1.165, 1.54) is 0 Å². The molecule has 3 fully saturated rings. The average Bonchev–Trinajstić information content (AvgIpc) is 3.47. The first-order chi connectivity index (χ1) is 14.0. The number of carboxylic acid groups (broad SMARTS) is 1. The molecule has 0 radical (unpaired) electrons. The van der Waals surface area contributed by atoms with Gasteiger partial charge in [0.05, 0.1) is 23.7 Å². The third-order valence-corrected chi connectivity index (χ3v) is 7.51. The van der Waals surface area contributed by atoms with Gasteiger partial charge in [-0.25, -0.2) is 13.2 Å². The van der Waals surface area contributed by atoms with Crippen LogP contribution in [0.15, 0.2) is 12.1 Å². The van der Waals surface area contributed by atoms with Crippen LogP contribution < -0.4 is 4.90 Å². The molecule has 1 aliphatic carbocycles. The molecule has 1 saturated carbocycles. The molecular formula is C17H23F3N4O5S. The van der Waals surface area contributed by atoms with Crippen LogP contribution in [-0.2, 0) is 19.6 Å². The first kappa shape index (κ1) is 22.7. The lowest BCUT2D eigenvalue weighted by Gasteiger charge is -2.23. The minimum absolute atomic E-state index is 0.0671. The van der Waals surface area contributed by atoms with E-state index < -0.39 is 22.2 Å². The van der Waals surface area contributed by atoms with E-state index in [1.807, 2.05) is 19.1 Å². The number of aryl methyl sites for hydroxylation is 1. The number of aliphatic carboxylic acids is 1. The van der Waals surface area contributed by atoms with Gasteiger partial charge in [0.25, 0.3) is 0 Å². The molecule has 0 bridgehead atoms. The van der Waals surface area contributed by atoms with Gasteiger partial charge in [-0.1, -0.05) is 0 Å². The fraction of sp³-hybridized carbons (Fsp3) is 0.706. The van der Waals surface area contributed by atoms with Gasteiger partial charge in [0.2, 0.25) is 10.0 Å². The summed E-state index contributed by atoms with van der Waals surface area (Å²) in [6, 6.07) is 3.91. The Morgan fingerprint density at radius 2 is 1.87 bits per heavy atom. The van der Waals surface area contributed by atoms with Gasteiger partial charge < -0.3 is 14.7 Å². The third-order valence-electron chi connectivity index (χ3n) is 5.15. The van der Waals surface area contributed by atoms with Crippen molar-refractivity contribution in [1.29, 1.82) is 0 Å². The van der Waals surface area contributed by atoms with E-state index in [4.69, 9.17) is 14.6 Å². The number of carbonyl (C=O) groups is 1. The highest BCUT2D eigenvalue weighted by molar-refractivity contribution is 7.90. The van der Waals surface area contributed by atoms with Crippen LogP contribution in [-0.4, -0.2) is 84.3 Å². The van der Waals surface area contributed by atoms with E-state index in [2.05, 4.69) is 15.1 Å². The SMILES string of the molecule is Cc1ccc(N2C[C@@H]3CN(S(=O)(=O)C4CC4)CCO[C@@H]3C2)nn1.O=C(O)C(F)(F)F. The van der Waals surface area contributed by atoms with Crippen LogP contribution in [0.4, 0.5) is 19.0 Å². The molecule has 3 aliphatic rings. The van der Waals surface area contributed by atoms with E-state index in [0.717, 1.165) is 37.4 Å². The summed E-state index contributed by atoms with van der Waals surface area (Å²) in [5.74, 6) is -1.73. The number of nitrogens with zero attached hydrogens (tertiary/aromatic N) is 4. The summed E-state index contributed by atoms with van der Waals surface area (Å²) in [6.07, 6.45) is -3.41. The number of fused-ring (bicyclic) bond motifs is 1. The van der Waals surface area contributed by atoms with Gasteiger partial charge in [-0.3, -0.25) is 0 Å². The minimum Gasteiger partial charge on any atom is -0.475 e. The molecule has 0 aromatic carbocycles. The fourth-order valence-corrected chi connectivity index (χ4v) is 5.30. The smallest absolute Gasteiger partial charge is 0.475 e. The van der Waals surface area contributed by atoms with Crippen LogP contribution >= 0.6 is 0 Å². The zero-order valence-electron chi connectivity index (χ0n) is 16.2. The average molecular weight is 452 g/mol. The highest BCUT2D eigenvalue weighted by Crippen LogP contribution is 2.34. The quantitative estimate of drug-likeness (QED) is 0.724. The van der Waals surface area contributed by atoms with Crippen LogP contribution in [0, 0.1) is 12.8 Å². The van der Waals surface area contributed by atoms with E-state index in [9.17, 15) is 21.6 Å². The van der Waals surface area contributed by atoms with Crippen LogP contribution in [0.25, 0.3) is 0 Å². The highest BCUT2D eigenvalue weighted by atomic mass is 32.2. The second-order valence-corrected chi connectivity index (χ2v) is 9.73. The number of hydrogen-bond acceptors (Lipinski definition) is 7. The van der Waals surface area contributed by atoms with Crippen molar-refractivity contribution in [2.24, 2.45) is 5.92 Å². The molecule has 1 aromatic heterocycles. The zero-order chi connectivity index (χ0) is 22.1. The monoisotopic (exact) mass is 452 g/mol. The molecule has 2 aliphatic heterocycles. The fourth-order valence-electron chi connectivity index (χ4n) is 3.42. The maximum atomic E-state index is 12.5. The molecule has 1 N–H and O–H groups in total. The Morgan fingerprint density at radius 1 is 1.20 bits per heavy atom. The van der Waals surface area contributed by atoms with Crippen molar-refractivity contribution in [3.8, 4) is 0 Å². The van der Waals surface area contributed by atoms with Crippen molar-refractivity contribution in [3.63, 3.8) is 0 Å². The summed E-state index contributed by atoms with van der Waals surface area (Å²) in [7, 11) is -3.13. The van der Waals surface area contributed by atoms with Crippen molar-refractivity contribution in [3.05, 3.63) is 17.8 Å². The third kappa shape index (κ3) is 5.38. The van der Waals surface area contributed by atoms with Crippen molar-refractivity contribution < 1.29 is 36.2 Å². The Bertz CT molecular complexity index is 861.